The minimum atomic E-state index is -4.33. The van der Waals surface area contributed by atoms with Crippen LogP contribution in [-0.4, -0.2) is 55.6 Å². The minimum absolute atomic E-state index is 0.0698. The van der Waals surface area contributed by atoms with Crippen molar-refractivity contribution in [2.24, 2.45) is 0 Å². The third kappa shape index (κ3) is 6.17. The molecule has 0 unspecified atom stereocenters. The van der Waals surface area contributed by atoms with Crippen LogP contribution in [0.3, 0.4) is 0 Å². The fraction of sp³-hybridized carbons (Fsp3) is 0.350. The van der Waals surface area contributed by atoms with Gasteiger partial charge in [-0.05, 0) is 48.2 Å². The van der Waals surface area contributed by atoms with Crippen LogP contribution in [0, 0.1) is 0 Å². The summed E-state index contributed by atoms with van der Waals surface area (Å²) < 4.78 is 37.0. The smallest absolute Gasteiger partial charge is 0.369 e. The molecule has 0 bridgehead atoms. The number of anilines is 1. The molecule has 28 heavy (non-hydrogen) atoms. The van der Waals surface area contributed by atoms with Crippen molar-refractivity contribution in [1.82, 2.24) is 10.2 Å². The molecule has 3 rings (SSSR count). The van der Waals surface area contributed by atoms with Crippen LogP contribution >= 0.6 is 11.8 Å². The number of nitrogens with one attached hydrogen (secondary N) is 1. The maximum absolute atomic E-state index is 12.3. The van der Waals surface area contributed by atoms with Crippen molar-refractivity contribution >= 4 is 23.4 Å². The highest BCUT2D eigenvalue weighted by Gasteiger charge is 2.29. The zero-order valence-electron chi connectivity index (χ0n) is 15.3. The number of halogens is 3. The first-order valence-corrected chi connectivity index (χ1v) is 9.89. The first-order valence-electron chi connectivity index (χ1n) is 9.07. The molecular weight excluding hydrogens is 387 g/mol. The molecule has 1 saturated heterocycles. The highest BCUT2D eigenvalue weighted by molar-refractivity contribution is 8.00. The number of hydrogen-bond acceptors (Lipinski definition) is 4. The van der Waals surface area contributed by atoms with Crippen LogP contribution < -0.4 is 10.2 Å². The summed E-state index contributed by atoms with van der Waals surface area (Å²) in [5.74, 6) is -0.272. The molecule has 2 aromatic rings. The van der Waals surface area contributed by atoms with Crippen LogP contribution in [0.15, 0.2) is 59.5 Å². The summed E-state index contributed by atoms with van der Waals surface area (Å²) in [5.41, 5.74) is -2.74. The number of piperazine rings is 1. The number of thioether (sulfide) groups is 1. The molecule has 150 valence electrons. The third-order valence-electron chi connectivity index (χ3n) is 4.56. The normalized spacial score (nSPS) is 15.5. The van der Waals surface area contributed by atoms with Crippen LogP contribution in [0.2, 0.25) is 0 Å². The Morgan fingerprint density at radius 2 is 1.61 bits per heavy atom. The number of alkyl halides is 3. The van der Waals surface area contributed by atoms with Gasteiger partial charge in [-0.2, -0.15) is 13.2 Å². The van der Waals surface area contributed by atoms with Gasteiger partial charge in [0, 0.05) is 55.4 Å². The van der Waals surface area contributed by atoms with Gasteiger partial charge in [-0.1, -0.05) is 18.2 Å². The molecule has 0 saturated carbocycles. The van der Waals surface area contributed by atoms with Gasteiger partial charge in [-0.25, -0.2) is 0 Å². The molecule has 0 atom stereocenters. The first kappa shape index (κ1) is 20.5. The van der Waals surface area contributed by atoms with Crippen LogP contribution in [0.25, 0.3) is 0 Å². The minimum Gasteiger partial charge on any atom is -0.369 e. The molecule has 0 radical (unpaired) electrons. The van der Waals surface area contributed by atoms with Gasteiger partial charge in [-0.15, -0.1) is 0 Å². The van der Waals surface area contributed by atoms with Crippen molar-refractivity contribution in [1.29, 1.82) is 0 Å². The van der Waals surface area contributed by atoms with E-state index in [1.165, 1.54) is 30.0 Å². The Kier molecular flexibility index (Phi) is 6.85. The van der Waals surface area contributed by atoms with Crippen molar-refractivity contribution in [3.05, 3.63) is 60.2 Å². The van der Waals surface area contributed by atoms with E-state index in [-0.39, 0.29) is 22.6 Å². The lowest BCUT2D eigenvalue weighted by Gasteiger charge is -2.36. The van der Waals surface area contributed by atoms with E-state index in [0.717, 1.165) is 32.7 Å². The molecule has 0 aromatic heterocycles. The van der Waals surface area contributed by atoms with E-state index in [2.05, 4.69) is 27.2 Å². The Hall–Kier alpha value is -2.19. The summed E-state index contributed by atoms with van der Waals surface area (Å²) in [6, 6.07) is 15.8. The predicted molar refractivity (Wildman–Crippen MR) is 106 cm³/mol. The van der Waals surface area contributed by atoms with E-state index >= 15 is 0 Å². The SMILES string of the molecule is O=C(NCCN1CCN(c2ccccc2)CC1)c1ccc(SC(F)(F)F)cc1. The first-order chi connectivity index (χ1) is 13.4. The molecule has 0 aliphatic carbocycles. The molecule has 1 N–H and O–H groups in total. The Morgan fingerprint density at radius 3 is 2.21 bits per heavy atom. The maximum atomic E-state index is 12.3. The number of para-hydroxylation sites is 1. The van der Waals surface area contributed by atoms with E-state index in [0.29, 0.717) is 12.1 Å². The fourth-order valence-electron chi connectivity index (χ4n) is 3.11. The molecule has 4 nitrogen and oxygen atoms in total. The molecule has 1 amide bonds. The Morgan fingerprint density at radius 1 is 0.964 bits per heavy atom. The van der Waals surface area contributed by atoms with Crippen molar-refractivity contribution in [2.75, 3.05) is 44.2 Å². The number of benzene rings is 2. The highest BCUT2D eigenvalue weighted by atomic mass is 32.2. The van der Waals surface area contributed by atoms with Crippen molar-refractivity contribution in [3.8, 4) is 0 Å². The lowest BCUT2D eigenvalue weighted by atomic mass is 10.2. The monoisotopic (exact) mass is 409 g/mol. The number of rotatable bonds is 6. The van der Waals surface area contributed by atoms with Gasteiger partial charge in [0.2, 0.25) is 0 Å². The van der Waals surface area contributed by atoms with Crippen LogP contribution in [-0.2, 0) is 0 Å². The quantitative estimate of drug-likeness (QED) is 0.736. The summed E-state index contributed by atoms with van der Waals surface area (Å²) in [4.78, 5) is 16.9. The number of carbonyl (C=O) groups is 1. The maximum Gasteiger partial charge on any atom is 0.446 e. The van der Waals surface area contributed by atoms with Gasteiger partial charge in [0.1, 0.15) is 0 Å². The Balaban J connectivity index is 1.39. The standard InChI is InChI=1S/C20H22F3N3OS/c21-20(22,23)28-18-8-6-16(7-9-18)19(27)24-10-11-25-12-14-26(15-13-25)17-4-2-1-3-5-17/h1-9H,10-15H2,(H,24,27). The lowest BCUT2D eigenvalue weighted by molar-refractivity contribution is -0.0328. The molecular formula is C20H22F3N3OS. The van der Waals surface area contributed by atoms with E-state index in [1.807, 2.05) is 18.2 Å². The largest absolute Gasteiger partial charge is 0.446 e. The van der Waals surface area contributed by atoms with Gasteiger partial charge in [0.15, 0.2) is 0 Å². The summed E-state index contributed by atoms with van der Waals surface area (Å²) >= 11 is -0.186. The highest BCUT2D eigenvalue weighted by Crippen LogP contribution is 2.36. The van der Waals surface area contributed by atoms with Crippen molar-refractivity contribution in [3.63, 3.8) is 0 Å². The van der Waals surface area contributed by atoms with Gasteiger partial charge in [0.05, 0.1) is 0 Å². The van der Waals surface area contributed by atoms with Crippen LogP contribution in [0.1, 0.15) is 10.4 Å². The number of amides is 1. The topological polar surface area (TPSA) is 35.6 Å². The van der Waals surface area contributed by atoms with Crippen molar-refractivity contribution < 1.29 is 18.0 Å². The molecule has 1 aliphatic rings. The van der Waals surface area contributed by atoms with E-state index in [1.54, 1.807) is 0 Å². The van der Waals surface area contributed by atoms with Gasteiger partial charge < -0.3 is 10.2 Å². The summed E-state index contributed by atoms with van der Waals surface area (Å²) in [6.07, 6.45) is 0. The second-order valence-electron chi connectivity index (χ2n) is 6.49. The third-order valence-corrected chi connectivity index (χ3v) is 5.30. The molecule has 0 spiro atoms. The zero-order valence-corrected chi connectivity index (χ0v) is 16.1. The predicted octanol–water partition coefficient (Wildman–Crippen LogP) is 3.85. The molecule has 1 heterocycles. The van der Waals surface area contributed by atoms with Gasteiger partial charge in [-0.3, -0.25) is 9.69 Å². The summed E-state index contributed by atoms with van der Waals surface area (Å²) in [6.45, 7) is 4.98. The lowest BCUT2D eigenvalue weighted by Crippen LogP contribution is -2.48. The average molecular weight is 409 g/mol. The summed E-state index contributed by atoms with van der Waals surface area (Å²) in [7, 11) is 0. The summed E-state index contributed by atoms with van der Waals surface area (Å²) in [5, 5.41) is 2.83. The van der Waals surface area contributed by atoms with Crippen molar-refractivity contribution in [2.45, 2.75) is 10.4 Å². The number of hydrogen-bond donors (Lipinski definition) is 1. The molecule has 1 aliphatic heterocycles. The van der Waals surface area contributed by atoms with E-state index < -0.39 is 5.51 Å². The van der Waals surface area contributed by atoms with Crippen LogP contribution in [0.4, 0.5) is 18.9 Å². The van der Waals surface area contributed by atoms with E-state index in [4.69, 9.17) is 0 Å². The van der Waals surface area contributed by atoms with E-state index in [9.17, 15) is 18.0 Å². The molecule has 1 fully saturated rings. The van der Waals surface area contributed by atoms with Gasteiger partial charge >= 0.3 is 5.51 Å². The number of carbonyl (C=O) groups excluding carboxylic acids is 1. The second kappa shape index (κ2) is 9.34. The Bertz CT molecular complexity index is 761. The van der Waals surface area contributed by atoms with Gasteiger partial charge in [0.25, 0.3) is 5.91 Å². The number of nitrogens with zero attached hydrogens (tertiary/aromatic N) is 2. The van der Waals surface area contributed by atoms with Crippen LogP contribution in [0.5, 0.6) is 0 Å². The Labute approximate surface area is 166 Å². The average Bonchev–Trinajstić information content (AvgIpc) is 2.68. The fourth-order valence-corrected chi connectivity index (χ4v) is 3.65. The second-order valence-corrected chi connectivity index (χ2v) is 7.63. The zero-order chi connectivity index (χ0) is 20.0. The molecule has 8 heteroatoms. The molecule has 2 aromatic carbocycles.